The van der Waals surface area contributed by atoms with Crippen LogP contribution < -0.4 is 5.32 Å². The third kappa shape index (κ3) is 4.62. The number of carbonyl (C=O) groups is 3. The van der Waals surface area contributed by atoms with E-state index in [9.17, 15) is 19.5 Å². The van der Waals surface area contributed by atoms with E-state index in [2.05, 4.69) is 29.6 Å². The van der Waals surface area contributed by atoms with E-state index >= 15 is 0 Å². The number of aliphatic carboxylic acids is 1. The standard InChI is InChI=1S/C27H30N2O6/c30-25(29-22-12-14-34-24(22)15-23(29)26(31)32)11-5-6-13-28-27(33)35-16-21-19-9-3-1-7-17(19)18-8-2-4-10-20(18)21/h1-4,7-10,21-24H,5-6,11-16H2,(H,28,33)(H,31,32). The van der Waals surface area contributed by atoms with Crippen molar-refractivity contribution in [3.63, 3.8) is 0 Å². The summed E-state index contributed by atoms with van der Waals surface area (Å²) in [6, 6.07) is 15.4. The minimum atomic E-state index is -0.978. The van der Waals surface area contributed by atoms with Gasteiger partial charge in [0.05, 0.1) is 12.1 Å². The number of unbranched alkanes of at least 4 members (excludes halogenated alkanes) is 1. The molecule has 0 radical (unpaired) electrons. The van der Waals surface area contributed by atoms with Crippen molar-refractivity contribution in [2.75, 3.05) is 19.8 Å². The lowest BCUT2D eigenvalue weighted by Gasteiger charge is -2.26. The number of hydrogen-bond acceptors (Lipinski definition) is 5. The molecule has 184 valence electrons. The number of carbonyl (C=O) groups excluding carboxylic acids is 2. The van der Waals surface area contributed by atoms with Crippen molar-refractivity contribution in [2.45, 2.75) is 56.2 Å². The average molecular weight is 479 g/mol. The van der Waals surface area contributed by atoms with Gasteiger partial charge in [0.25, 0.3) is 0 Å². The summed E-state index contributed by atoms with van der Waals surface area (Å²) in [5.41, 5.74) is 4.69. The van der Waals surface area contributed by atoms with Crippen LogP contribution in [0, 0.1) is 0 Å². The highest BCUT2D eigenvalue weighted by atomic mass is 16.5. The highest BCUT2D eigenvalue weighted by Gasteiger charge is 2.49. The first-order valence-electron chi connectivity index (χ1n) is 12.3. The fraction of sp³-hybridized carbons (Fsp3) is 0.444. The molecule has 3 unspecified atom stereocenters. The molecule has 35 heavy (non-hydrogen) atoms. The van der Waals surface area contributed by atoms with Gasteiger partial charge in [-0.15, -0.1) is 0 Å². The van der Waals surface area contributed by atoms with E-state index in [0.717, 1.165) is 11.1 Å². The zero-order valence-electron chi connectivity index (χ0n) is 19.5. The average Bonchev–Trinajstić information content (AvgIpc) is 3.54. The van der Waals surface area contributed by atoms with Crippen molar-refractivity contribution in [1.29, 1.82) is 0 Å². The van der Waals surface area contributed by atoms with Gasteiger partial charge in [0.2, 0.25) is 5.91 Å². The molecule has 1 aliphatic carbocycles. The number of nitrogens with zero attached hydrogens (tertiary/aromatic N) is 1. The predicted octanol–water partition coefficient (Wildman–Crippen LogP) is 3.54. The van der Waals surface area contributed by atoms with Gasteiger partial charge >= 0.3 is 12.1 Å². The summed E-state index contributed by atoms with van der Waals surface area (Å²) in [4.78, 5) is 38.1. The Labute approximate surface area is 204 Å². The summed E-state index contributed by atoms with van der Waals surface area (Å²) in [6.07, 6.45) is 1.80. The number of ether oxygens (including phenoxy) is 2. The van der Waals surface area contributed by atoms with E-state index in [1.165, 1.54) is 16.0 Å². The summed E-state index contributed by atoms with van der Waals surface area (Å²) in [5.74, 6) is -1.12. The van der Waals surface area contributed by atoms with Gasteiger partial charge in [-0.3, -0.25) is 4.79 Å². The minimum Gasteiger partial charge on any atom is -0.480 e. The molecule has 0 spiro atoms. The SMILES string of the molecule is O=C(NCCCCC(=O)N1C(C(=O)O)CC2OCCC21)OCC1c2ccccc2-c2ccccc21. The molecule has 2 aromatic carbocycles. The number of carboxylic acid groups (broad SMARTS) is 1. The highest BCUT2D eigenvalue weighted by molar-refractivity contribution is 5.85. The molecule has 2 fully saturated rings. The van der Waals surface area contributed by atoms with Gasteiger partial charge in [-0.1, -0.05) is 48.5 Å². The van der Waals surface area contributed by atoms with Crippen LogP contribution >= 0.6 is 0 Å². The molecule has 2 aliphatic heterocycles. The lowest BCUT2D eigenvalue weighted by Crippen LogP contribution is -2.45. The van der Waals surface area contributed by atoms with Gasteiger partial charge < -0.3 is 24.8 Å². The van der Waals surface area contributed by atoms with Gasteiger partial charge in [-0.2, -0.15) is 0 Å². The van der Waals surface area contributed by atoms with E-state index in [-0.39, 0.29) is 37.0 Å². The maximum atomic E-state index is 12.7. The fourth-order valence-corrected chi connectivity index (χ4v) is 5.69. The van der Waals surface area contributed by atoms with Gasteiger partial charge in [-0.05, 0) is 41.5 Å². The predicted molar refractivity (Wildman–Crippen MR) is 128 cm³/mol. The Kier molecular flexibility index (Phi) is 6.72. The molecule has 0 bridgehead atoms. The lowest BCUT2D eigenvalue weighted by molar-refractivity contribution is -0.149. The molecule has 2 amide bonds. The van der Waals surface area contributed by atoms with E-state index in [1.807, 2.05) is 24.3 Å². The Morgan fingerprint density at radius 3 is 2.40 bits per heavy atom. The summed E-state index contributed by atoms with van der Waals surface area (Å²) in [6.45, 7) is 1.21. The lowest BCUT2D eigenvalue weighted by atomic mass is 9.98. The molecular weight excluding hydrogens is 448 g/mol. The summed E-state index contributed by atoms with van der Waals surface area (Å²) in [5, 5.41) is 12.2. The van der Waals surface area contributed by atoms with Crippen molar-refractivity contribution >= 4 is 18.0 Å². The van der Waals surface area contributed by atoms with Crippen LogP contribution in [-0.4, -0.2) is 65.9 Å². The molecule has 2 heterocycles. The number of carboxylic acids is 1. The summed E-state index contributed by atoms with van der Waals surface area (Å²) < 4.78 is 11.1. The fourth-order valence-electron chi connectivity index (χ4n) is 5.69. The van der Waals surface area contributed by atoms with E-state index < -0.39 is 18.1 Å². The minimum absolute atomic E-state index is 0.0109. The molecule has 3 aliphatic rings. The van der Waals surface area contributed by atoms with Crippen molar-refractivity contribution < 1.29 is 29.0 Å². The molecule has 2 aromatic rings. The van der Waals surface area contributed by atoms with Crippen LogP contribution in [0.4, 0.5) is 4.79 Å². The second-order valence-electron chi connectivity index (χ2n) is 9.37. The van der Waals surface area contributed by atoms with E-state index in [4.69, 9.17) is 9.47 Å². The quantitative estimate of drug-likeness (QED) is 0.563. The van der Waals surface area contributed by atoms with Crippen molar-refractivity contribution in [3.8, 4) is 11.1 Å². The van der Waals surface area contributed by atoms with Crippen LogP contribution in [0.3, 0.4) is 0 Å². The number of nitrogens with one attached hydrogen (secondary N) is 1. The monoisotopic (exact) mass is 478 g/mol. The third-order valence-electron chi connectivity index (χ3n) is 7.33. The first-order chi connectivity index (χ1) is 17.0. The maximum Gasteiger partial charge on any atom is 0.407 e. The van der Waals surface area contributed by atoms with E-state index in [0.29, 0.717) is 38.8 Å². The number of amides is 2. The molecule has 5 rings (SSSR count). The molecular formula is C27H30N2O6. The normalized spacial score (nSPS) is 22.4. The zero-order valence-corrected chi connectivity index (χ0v) is 19.5. The molecule has 8 heteroatoms. The van der Waals surface area contributed by atoms with Crippen molar-refractivity contribution in [2.24, 2.45) is 0 Å². The Hall–Kier alpha value is -3.39. The van der Waals surface area contributed by atoms with Crippen LogP contribution in [0.5, 0.6) is 0 Å². The van der Waals surface area contributed by atoms with Gasteiger partial charge in [0, 0.05) is 31.9 Å². The first-order valence-corrected chi connectivity index (χ1v) is 12.3. The van der Waals surface area contributed by atoms with Crippen molar-refractivity contribution in [3.05, 3.63) is 59.7 Å². The molecule has 3 atom stereocenters. The number of benzene rings is 2. The van der Waals surface area contributed by atoms with Crippen LogP contribution in [0.1, 0.15) is 49.1 Å². The Bertz CT molecular complexity index is 1070. The Morgan fingerprint density at radius 2 is 1.71 bits per heavy atom. The largest absolute Gasteiger partial charge is 0.480 e. The molecule has 2 saturated heterocycles. The molecule has 2 N–H and O–H groups in total. The first kappa shape index (κ1) is 23.4. The van der Waals surface area contributed by atoms with Crippen molar-refractivity contribution in [1.82, 2.24) is 10.2 Å². The summed E-state index contributed by atoms with van der Waals surface area (Å²) >= 11 is 0. The highest BCUT2D eigenvalue weighted by Crippen LogP contribution is 2.44. The van der Waals surface area contributed by atoms with Gasteiger partial charge in [-0.25, -0.2) is 9.59 Å². The van der Waals surface area contributed by atoms with Crippen LogP contribution in [0.2, 0.25) is 0 Å². The van der Waals surface area contributed by atoms with E-state index in [1.54, 1.807) is 0 Å². The van der Waals surface area contributed by atoms with Crippen LogP contribution in [-0.2, 0) is 19.1 Å². The third-order valence-corrected chi connectivity index (χ3v) is 7.33. The Morgan fingerprint density at radius 1 is 1.03 bits per heavy atom. The molecule has 0 aromatic heterocycles. The number of hydrogen-bond donors (Lipinski definition) is 2. The van der Waals surface area contributed by atoms with Crippen LogP contribution in [0.15, 0.2) is 48.5 Å². The second-order valence-corrected chi connectivity index (χ2v) is 9.37. The maximum absolute atomic E-state index is 12.7. The number of alkyl carbamates (subject to hydrolysis) is 1. The van der Waals surface area contributed by atoms with Gasteiger partial charge in [0.15, 0.2) is 0 Å². The Balaban J connectivity index is 1.06. The number of rotatable bonds is 8. The van der Waals surface area contributed by atoms with Crippen LogP contribution in [0.25, 0.3) is 11.1 Å². The number of fused-ring (bicyclic) bond motifs is 4. The topological polar surface area (TPSA) is 105 Å². The zero-order chi connectivity index (χ0) is 24.4. The smallest absolute Gasteiger partial charge is 0.407 e. The molecule has 0 saturated carbocycles. The summed E-state index contributed by atoms with van der Waals surface area (Å²) in [7, 11) is 0. The number of likely N-dealkylation sites (tertiary alicyclic amines) is 1. The second kappa shape index (κ2) is 10.1. The van der Waals surface area contributed by atoms with Gasteiger partial charge in [0.1, 0.15) is 12.6 Å². The molecule has 8 nitrogen and oxygen atoms in total.